The van der Waals surface area contributed by atoms with Gasteiger partial charge in [0.25, 0.3) is 0 Å². The number of rotatable bonds is 3. The fourth-order valence-electron chi connectivity index (χ4n) is 2.21. The molecule has 2 rings (SSSR count). The summed E-state index contributed by atoms with van der Waals surface area (Å²) in [5.74, 6) is 0.0511. The Morgan fingerprint density at radius 2 is 2.44 bits per heavy atom. The van der Waals surface area contributed by atoms with Gasteiger partial charge >= 0.3 is 5.97 Å². The van der Waals surface area contributed by atoms with Crippen LogP contribution in [0.2, 0.25) is 0 Å². The fraction of sp³-hybridized carbons (Fsp3) is 0.636. The maximum atomic E-state index is 11.0. The minimum atomic E-state index is -0.702. The standard InChI is InChI=1S/C11H16N2O3/c1-7-3-13(4-9(7)11(14)15)5-10-8(2)16-6-12-10/h6-7,9H,3-5H2,1-2H3,(H,14,15). The number of hydrogen-bond acceptors (Lipinski definition) is 4. The zero-order chi connectivity index (χ0) is 11.7. The van der Waals surface area contributed by atoms with Gasteiger partial charge in [-0.2, -0.15) is 0 Å². The van der Waals surface area contributed by atoms with Crippen molar-refractivity contribution in [2.24, 2.45) is 11.8 Å². The molecule has 0 saturated carbocycles. The van der Waals surface area contributed by atoms with Crippen molar-refractivity contribution in [3.8, 4) is 0 Å². The molecule has 1 aromatic heterocycles. The molecule has 1 aliphatic heterocycles. The summed E-state index contributed by atoms with van der Waals surface area (Å²) < 4.78 is 5.12. The largest absolute Gasteiger partial charge is 0.481 e. The van der Waals surface area contributed by atoms with Gasteiger partial charge in [-0.3, -0.25) is 9.69 Å². The van der Waals surface area contributed by atoms with Crippen LogP contribution in [0.1, 0.15) is 18.4 Å². The van der Waals surface area contributed by atoms with E-state index in [9.17, 15) is 4.79 Å². The van der Waals surface area contributed by atoms with E-state index >= 15 is 0 Å². The first-order valence-electron chi connectivity index (χ1n) is 5.42. The summed E-state index contributed by atoms with van der Waals surface area (Å²) in [6.07, 6.45) is 1.43. The number of aryl methyl sites for hydroxylation is 1. The van der Waals surface area contributed by atoms with Gasteiger partial charge in [-0.25, -0.2) is 4.98 Å². The van der Waals surface area contributed by atoms with Gasteiger partial charge in [0, 0.05) is 19.6 Å². The molecular weight excluding hydrogens is 208 g/mol. The van der Waals surface area contributed by atoms with Crippen LogP contribution in [0, 0.1) is 18.8 Å². The van der Waals surface area contributed by atoms with Gasteiger partial charge < -0.3 is 9.52 Å². The highest BCUT2D eigenvalue weighted by Gasteiger charge is 2.34. The zero-order valence-corrected chi connectivity index (χ0v) is 9.51. The summed E-state index contributed by atoms with van der Waals surface area (Å²) in [5.41, 5.74) is 0.901. The van der Waals surface area contributed by atoms with Crippen LogP contribution in [0.4, 0.5) is 0 Å². The molecule has 2 heterocycles. The second kappa shape index (κ2) is 4.25. The van der Waals surface area contributed by atoms with E-state index in [1.165, 1.54) is 6.39 Å². The summed E-state index contributed by atoms with van der Waals surface area (Å²) >= 11 is 0. The summed E-state index contributed by atoms with van der Waals surface area (Å²) in [6, 6.07) is 0. The molecule has 0 aromatic carbocycles. The van der Waals surface area contributed by atoms with E-state index in [0.717, 1.165) is 18.0 Å². The molecule has 5 nitrogen and oxygen atoms in total. The molecule has 1 aromatic rings. The second-order valence-electron chi connectivity index (χ2n) is 4.47. The number of carboxylic acids is 1. The summed E-state index contributed by atoms with van der Waals surface area (Å²) in [5, 5.41) is 9.02. The van der Waals surface area contributed by atoms with Crippen molar-refractivity contribution in [1.29, 1.82) is 0 Å². The Kier molecular flexibility index (Phi) is 2.96. The van der Waals surface area contributed by atoms with Crippen LogP contribution >= 0.6 is 0 Å². The molecule has 1 aliphatic rings. The van der Waals surface area contributed by atoms with Crippen molar-refractivity contribution in [3.05, 3.63) is 17.8 Å². The molecule has 0 bridgehead atoms. The molecule has 16 heavy (non-hydrogen) atoms. The van der Waals surface area contributed by atoms with Crippen LogP contribution < -0.4 is 0 Å². The molecule has 0 spiro atoms. The average Bonchev–Trinajstić information content (AvgIpc) is 2.75. The molecular formula is C11H16N2O3. The number of nitrogens with zero attached hydrogens (tertiary/aromatic N) is 2. The Hall–Kier alpha value is -1.36. The molecule has 1 fully saturated rings. The second-order valence-corrected chi connectivity index (χ2v) is 4.47. The highest BCUT2D eigenvalue weighted by atomic mass is 16.4. The maximum absolute atomic E-state index is 11.0. The molecule has 88 valence electrons. The molecule has 0 amide bonds. The zero-order valence-electron chi connectivity index (χ0n) is 9.51. The van der Waals surface area contributed by atoms with E-state index in [2.05, 4.69) is 9.88 Å². The van der Waals surface area contributed by atoms with Gasteiger partial charge in [0.05, 0.1) is 11.6 Å². The monoisotopic (exact) mass is 224 g/mol. The first-order valence-corrected chi connectivity index (χ1v) is 5.42. The Labute approximate surface area is 94.1 Å². The summed E-state index contributed by atoms with van der Waals surface area (Å²) in [4.78, 5) is 17.2. The Morgan fingerprint density at radius 1 is 1.69 bits per heavy atom. The number of carbonyl (C=O) groups is 1. The quantitative estimate of drug-likeness (QED) is 0.833. The molecule has 0 aliphatic carbocycles. The fourth-order valence-corrected chi connectivity index (χ4v) is 2.21. The normalized spacial score (nSPS) is 26.1. The van der Waals surface area contributed by atoms with Gasteiger partial charge in [-0.05, 0) is 12.8 Å². The Morgan fingerprint density at radius 3 is 2.94 bits per heavy atom. The first kappa shape index (κ1) is 11.1. The lowest BCUT2D eigenvalue weighted by Gasteiger charge is -2.13. The van der Waals surface area contributed by atoms with Gasteiger partial charge in [0.15, 0.2) is 6.39 Å². The van der Waals surface area contributed by atoms with Crippen LogP contribution in [-0.2, 0) is 11.3 Å². The lowest BCUT2D eigenvalue weighted by atomic mass is 9.99. The van der Waals surface area contributed by atoms with Crippen LogP contribution in [0.3, 0.4) is 0 Å². The van der Waals surface area contributed by atoms with Crippen molar-refractivity contribution >= 4 is 5.97 Å². The highest BCUT2D eigenvalue weighted by Crippen LogP contribution is 2.24. The lowest BCUT2D eigenvalue weighted by molar-refractivity contribution is -0.142. The van der Waals surface area contributed by atoms with Gasteiger partial charge in [0.2, 0.25) is 0 Å². The first-order chi connectivity index (χ1) is 7.58. The third kappa shape index (κ3) is 2.09. The summed E-state index contributed by atoms with van der Waals surface area (Å²) in [6.45, 7) is 5.94. The maximum Gasteiger partial charge on any atom is 0.308 e. The molecule has 0 radical (unpaired) electrons. The van der Waals surface area contributed by atoms with Crippen LogP contribution in [0.5, 0.6) is 0 Å². The Bertz CT molecular complexity index is 388. The number of oxazole rings is 1. The van der Waals surface area contributed by atoms with Crippen molar-refractivity contribution < 1.29 is 14.3 Å². The predicted molar refractivity (Wildman–Crippen MR) is 56.8 cm³/mol. The SMILES string of the molecule is Cc1ocnc1CN1CC(C)C(C(=O)O)C1. The van der Waals surface area contributed by atoms with Crippen LogP contribution in [0.25, 0.3) is 0 Å². The molecule has 1 saturated heterocycles. The topological polar surface area (TPSA) is 66.6 Å². The molecule has 1 N–H and O–H groups in total. The smallest absolute Gasteiger partial charge is 0.308 e. The number of carboxylic acid groups (broad SMARTS) is 1. The van der Waals surface area contributed by atoms with E-state index in [1.807, 2.05) is 13.8 Å². The minimum absolute atomic E-state index is 0.199. The van der Waals surface area contributed by atoms with Crippen molar-refractivity contribution in [2.45, 2.75) is 20.4 Å². The molecule has 2 unspecified atom stereocenters. The lowest BCUT2D eigenvalue weighted by Crippen LogP contribution is -2.23. The van der Waals surface area contributed by atoms with E-state index in [0.29, 0.717) is 13.1 Å². The third-order valence-electron chi connectivity index (χ3n) is 3.22. The number of aromatic nitrogens is 1. The molecule has 2 atom stereocenters. The molecule has 5 heteroatoms. The van der Waals surface area contributed by atoms with Crippen molar-refractivity contribution in [3.63, 3.8) is 0 Å². The van der Waals surface area contributed by atoms with Gasteiger partial charge in [-0.1, -0.05) is 6.92 Å². The third-order valence-corrected chi connectivity index (χ3v) is 3.22. The number of aliphatic carboxylic acids is 1. The number of likely N-dealkylation sites (tertiary alicyclic amines) is 1. The summed E-state index contributed by atoms with van der Waals surface area (Å²) in [7, 11) is 0. The van der Waals surface area contributed by atoms with E-state index in [4.69, 9.17) is 9.52 Å². The Balaban J connectivity index is 1.99. The van der Waals surface area contributed by atoms with Gasteiger partial charge in [-0.15, -0.1) is 0 Å². The predicted octanol–water partition coefficient (Wildman–Crippen LogP) is 1.14. The van der Waals surface area contributed by atoms with Crippen LogP contribution in [0.15, 0.2) is 10.8 Å². The van der Waals surface area contributed by atoms with Crippen LogP contribution in [-0.4, -0.2) is 34.0 Å². The minimum Gasteiger partial charge on any atom is -0.481 e. The van der Waals surface area contributed by atoms with E-state index in [-0.39, 0.29) is 11.8 Å². The average molecular weight is 224 g/mol. The van der Waals surface area contributed by atoms with Gasteiger partial charge in [0.1, 0.15) is 5.76 Å². The van der Waals surface area contributed by atoms with E-state index < -0.39 is 5.97 Å². The van der Waals surface area contributed by atoms with Crippen molar-refractivity contribution in [1.82, 2.24) is 9.88 Å². The van der Waals surface area contributed by atoms with Crippen molar-refractivity contribution in [2.75, 3.05) is 13.1 Å². The van der Waals surface area contributed by atoms with E-state index in [1.54, 1.807) is 0 Å². The number of hydrogen-bond donors (Lipinski definition) is 1. The highest BCUT2D eigenvalue weighted by molar-refractivity contribution is 5.71.